The van der Waals surface area contributed by atoms with E-state index in [0.717, 1.165) is 18.2 Å². The lowest BCUT2D eigenvalue weighted by Gasteiger charge is -2.22. The van der Waals surface area contributed by atoms with Crippen molar-refractivity contribution in [1.82, 2.24) is 24.7 Å². The third-order valence-electron chi connectivity index (χ3n) is 5.77. The first kappa shape index (κ1) is 25.7. The first-order valence-electron chi connectivity index (χ1n) is 10.8. The zero-order valence-corrected chi connectivity index (χ0v) is 19.3. The lowest BCUT2D eigenvalue weighted by atomic mass is 10.1. The molecule has 1 fully saturated rings. The second-order valence-electron chi connectivity index (χ2n) is 8.23. The molecule has 36 heavy (non-hydrogen) atoms. The number of fused-ring (bicyclic) bond motifs is 1. The number of halogens is 6. The molecule has 13 heteroatoms. The van der Waals surface area contributed by atoms with Gasteiger partial charge in [0.1, 0.15) is 22.8 Å². The van der Waals surface area contributed by atoms with Gasteiger partial charge in [-0.2, -0.15) is 18.3 Å². The number of pyridine rings is 1. The number of nitrogens with zero attached hydrogens (tertiary/aromatic N) is 4. The van der Waals surface area contributed by atoms with Crippen LogP contribution in [0.1, 0.15) is 36.0 Å². The lowest BCUT2D eigenvalue weighted by Crippen LogP contribution is -2.21. The summed E-state index contributed by atoms with van der Waals surface area (Å²) in [5.74, 6) is -1.34. The van der Waals surface area contributed by atoms with Crippen molar-refractivity contribution in [2.75, 3.05) is 13.2 Å². The van der Waals surface area contributed by atoms with Crippen LogP contribution in [-0.2, 0) is 17.3 Å². The first-order chi connectivity index (χ1) is 16.7. The second-order valence-corrected chi connectivity index (χ2v) is 8.23. The monoisotopic (exact) mass is 527 g/mol. The van der Waals surface area contributed by atoms with Crippen LogP contribution >= 0.6 is 12.4 Å². The lowest BCUT2D eigenvalue weighted by molar-refractivity contribution is -0.140. The number of hydrogen-bond acceptors (Lipinski definition) is 5. The number of aromatic nitrogens is 5. The van der Waals surface area contributed by atoms with E-state index < -0.39 is 34.5 Å². The minimum Gasteiger partial charge on any atom is -0.381 e. The van der Waals surface area contributed by atoms with Gasteiger partial charge >= 0.3 is 6.18 Å². The molecule has 4 heterocycles. The molecular weight excluding hydrogens is 509 g/mol. The van der Waals surface area contributed by atoms with Crippen LogP contribution in [0.2, 0.25) is 0 Å². The molecule has 1 aliphatic rings. The Morgan fingerprint density at radius 3 is 2.39 bits per heavy atom. The van der Waals surface area contributed by atoms with Crippen molar-refractivity contribution >= 4 is 23.4 Å². The fourth-order valence-electron chi connectivity index (χ4n) is 4.15. The van der Waals surface area contributed by atoms with Crippen LogP contribution in [0, 0.1) is 11.6 Å². The molecule has 4 aromatic rings. The number of hydrogen-bond donors (Lipinski definition) is 1. The molecule has 0 spiro atoms. The predicted octanol–water partition coefficient (Wildman–Crippen LogP) is 4.84. The normalized spacial score (nSPS) is 14.7. The molecule has 7 nitrogen and oxygen atoms in total. The smallest absolute Gasteiger partial charge is 0.381 e. The molecular formula is C23H19ClF5N5O2. The van der Waals surface area contributed by atoms with Crippen LogP contribution in [0.4, 0.5) is 22.0 Å². The number of ether oxygens (including phenoxy) is 1. The van der Waals surface area contributed by atoms with Crippen molar-refractivity contribution in [3.05, 3.63) is 75.6 Å². The van der Waals surface area contributed by atoms with Gasteiger partial charge in [0.15, 0.2) is 11.3 Å². The Morgan fingerprint density at radius 1 is 1.08 bits per heavy atom. The standard InChI is InChI=1S/C23H18F5N5O2.ClH/c24-14-8-13(9-15(25)10-14)17-2-1-12(11-29-17)7-18-30-21-19(22(34)31-18)20(23(26,27)28)32-33(21)16-3-5-35-6-4-16;/h1-2,8-11,16H,3-7H2,(H,30,31,34);1H. The van der Waals surface area contributed by atoms with E-state index in [1.807, 2.05) is 0 Å². The van der Waals surface area contributed by atoms with Gasteiger partial charge in [0.25, 0.3) is 5.56 Å². The van der Waals surface area contributed by atoms with Crippen molar-refractivity contribution < 1.29 is 26.7 Å². The molecule has 0 bridgehead atoms. The summed E-state index contributed by atoms with van der Waals surface area (Å²) in [6.45, 7) is 0.743. The van der Waals surface area contributed by atoms with E-state index in [4.69, 9.17) is 4.74 Å². The van der Waals surface area contributed by atoms with Crippen molar-refractivity contribution in [1.29, 1.82) is 0 Å². The third kappa shape index (κ3) is 5.09. The zero-order valence-electron chi connectivity index (χ0n) is 18.5. The maximum atomic E-state index is 13.6. The molecule has 0 saturated carbocycles. The van der Waals surface area contributed by atoms with Gasteiger partial charge in [-0.15, -0.1) is 12.4 Å². The van der Waals surface area contributed by atoms with Gasteiger partial charge in [-0.25, -0.2) is 18.4 Å². The summed E-state index contributed by atoms with van der Waals surface area (Å²) in [6, 6.07) is 5.85. The van der Waals surface area contributed by atoms with Crippen LogP contribution < -0.4 is 5.56 Å². The van der Waals surface area contributed by atoms with E-state index in [2.05, 4.69) is 20.1 Å². The van der Waals surface area contributed by atoms with Crippen molar-refractivity contribution in [2.24, 2.45) is 0 Å². The van der Waals surface area contributed by atoms with Gasteiger partial charge in [-0.05, 0) is 36.6 Å². The number of alkyl halides is 3. The van der Waals surface area contributed by atoms with Crippen molar-refractivity contribution in [3.8, 4) is 11.3 Å². The SMILES string of the molecule is Cl.O=c1[nH]c(Cc2ccc(-c3cc(F)cc(F)c3)nc2)nc2c1c(C(F)(F)F)nn2C1CCOCC1. The molecule has 0 unspecified atom stereocenters. The minimum absolute atomic E-state index is 0. The number of benzene rings is 1. The predicted molar refractivity (Wildman–Crippen MR) is 122 cm³/mol. The van der Waals surface area contributed by atoms with E-state index in [-0.39, 0.29) is 41.9 Å². The third-order valence-corrected chi connectivity index (χ3v) is 5.77. The maximum absolute atomic E-state index is 13.6. The molecule has 1 saturated heterocycles. The largest absolute Gasteiger partial charge is 0.436 e. The van der Waals surface area contributed by atoms with E-state index in [0.29, 0.717) is 37.3 Å². The van der Waals surface area contributed by atoms with E-state index in [1.165, 1.54) is 10.9 Å². The summed E-state index contributed by atoms with van der Waals surface area (Å²) in [5.41, 5.74) is -1.18. The Hall–Kier alpha value is -3.38. The molecule has 1 N–H and O–H groups in total. The number of aromatic amines is 1. The van der Waals surface area contributed by atoms with Gasteiger partial charge in [0.2, 0.25) is 0 Å². The van der Waals surface area contributed by atoms with E-state index >= 15 is 0 Å². The fraction of sp³-hybridized carbons (Fsp3) is 0.304. The fourth-order valence-corrected chi connectivity index (χ4v) is 4.15. The summed E-state index contributed by atoms with van der Waals surface area (Å²) >= 11 is 0. The average molecular weight is 528 g/mol. The quantitative estimate of drug-likeness (QED) is 0.384. The summed E-state index contributed by atoms with van der Waals surface area (Å²) in [7, 11) is 0. The zero-order chi connectivity index (χ0) is 24.7. The highest BCUT2D eigenvalue weighted by Crippen LogP contribution is 2.34. The maximum Gasteiger partial charge on any atom is 0.436 e. The van der Waals surface area contributed by atoms with Gasteiger partial charge in [-0.3, -0.25) is 9.78 Å². The van der Waals surface area contributed by atoms with E-state index in [1.54, 1.807) is 12.1 Å². The Kier molecular flexibility index (Phi) is 7.10. The Labute approximate surface area is 206 Å². The summed E-state index contributed by atoms with van der Waals surface area (Å²) < 4.78 is 74.3. The summed E-state index contributed by atoms with van der Waals surface area (Å²) in [5, 5.41) is 3.13. The van der Waals surface area contributed by atoms with Crippen molar-refractivity contribution in [2.45, 2.75) is 31.5 Å². The molecule has 0 aliphatic carbocycles. The number of rotatable bonds is 4. The van der Waals surface area contributed by atoms with Crippen LogP contribution in [0.3, 0.4) is 0 Å². The number of H-pyrrole nitrogens is 1. The summed E-state index contributed by atoms with van der Waals surface area (Å²) in [6.07, 6.45) is -2.41. The summed E-state index contributed by atoms with van der Waals surface area (Å²) in [4.78, 5) is 23.6. The molecule has 0 amide bonds. The minimum atomic E-state index is -4.82. The van der Waals surface area contributed by atoms with Crippen molar-refractivity contribution in [3.63, 3.8) is 0 Å². The van der Waals surface area contributed by atoms with Crippen LogP contribution in [0.25, 0.3) is 22.3 Å². The molecule has 0 radical (unpaired) electrons. The molecule has 1 aliphatic heterocycles. The van der Waals surface area contributed by atoms with Gasteiger partial charge < -0.3 is 9.72 Å². The van der Waals surface area contributed by atoms with Crippen LogP contribution in [0.5, 0.6) is 0 Å². The highest BCUT2D eigenvalue weighted by Gasteiger charge is 2.39. The van der Waals surface area contributed by atoms with E-state index in [9.17, 15) is 26.7 Å². The van der Waals surface area contributed by atoms with Gasteiger partial charge in [0.05, 0.1) is 11.7 Å². The van der Waals surface area contributed by atoms with Gasteiger partial charge in [-0.1, -0.05) is 6.07 Å². The molecule has 5 rings (SSSR count). The molecule has 0 atom stereocenters. The molecule has 190 valence electrons. The second kappa shape index (κ2) is 9.94. The Balaban J connectivity index is 0.00000304. The highest BCUT2D eigenvalue weighted by molar-refractivity contribution is 5.85. The van der Waals surface area contributed by atoms with Gasteiger partial charge in [0, 0.05) is 37.5 Å². The van der Waals surface area contributed by atoms with Crippen LogP contribution in [0.15, 0.2) is 41.3 Å². The Bertz CT molecular complexity index is 1430. The Morgan fingerprint density at radius 2 is 1.78 bits per heavy atom. The number of nitrogens with one attached hydrogen (secondary N) is 1. The van der Waals surface area contributed by atoms with Crippen LogP contribution in [-0.4, -0.2) is 37.9 Å². The first-order valence-corrected chi connectivity index (χ1v) is 10.8. The molecule has 3 aromatic heterocycles. The topological polar surface area (TPSA) is 85.7 Å². The average Bonchev–Trinajstić information content (AvgIpc) is 3.20. The molecule has 1 aromatic carbocycles. The highest BCUT2D eigenvalue weighted by atomic mass is 35.5.